The lowest BCUT2D eigenvalue weighted by atomic mass is 10.2. The first-order valence-electron chi connectivity index (χ1n) is 3.16. The topological polar surface area (TPSA) is 92.0 Å². The molecule has 13 heavy (non-hydrogen) atoms. The smallest absolute Gasteiger partial charge is 0.351 e. The number of aromatic amines is 1. The van der Waals surface area contributed by atoms with Gasteiger partial charge in [0.15, 0.2) is 0 Å². The first-order chi connectivity index (χ1) is 5.99. The Labute approximate surface area is 70.3 Å². The van der Waals surface area contributed by atoms with E-state index >= 15 is 0 Å². The number of nitrogens with one attached hydrogen (secondary N) is 1. The zero-order valence-electron chi connectivity index (χ0n) is 6.20. The van der Waals surface area contributed by atoms with Crippen LogP contribution in [0.2, 0.25) is 0 Å². The number of nitrogens with zero attached hydrogens (tertiary/aromatic N) is 2. The summed E-state index contributed by atoms with van der Waals surface area (Å²) in [5.74, 6) is -4.55. The molecule has 1 aromatic rings. The maximum absolute atomic E-state index is 12.7. The maximum atomic E-state index is 12.7. The van der Waals surface area contributed by atoms with Crippen molar-refractivity contribution in [2.75, 3.05) is 6.61 Å². The van der Waals surface area contributed by atoms with Crippen molar-refractivity contribution in [2.45, 2.75) is 5.92 Å². The predicted octanol–water partition coefficient (Wildman–Crippen LogP) is 0.402. The molecule has 6 nitrogen and oxygen atoms in total. The standard InChI is InChI=1S/C5H5F2N3O3/c6-5(7,2-11)3-1-8-9-4(3)10(12)13/h1,11H,2H2,(H,8,9). The molecule has 0 aliphatic heterocycles. The molecule has 1 heterocycles. The molecule has 1 rings (SSSR count). The number of hydrogen-bond acceptors (Lipinski definition) is 4. The highest BCUT2D eigenvalue weighted by atomic mass is 19.3. The molecule has 0 aromatic carbocycles. The highest BCUT2D eigenvalue weighted by Gasteiger charge is 2.39. The van der Waals surface area contributed by atoms with Gasteiger partial charge in [0, 0.05) is 0 Å². The summed E-state index contributed by atoms with van der Waals surface area (Å²) in [6.45, 7) is -1.49. The lowest BCUT2D eigenvalue weighted by Gasteiger charge is -2.09. The van der Waals surface area contributed by atoms with Gasteiger partial charge in [0.25, 0.3) is 0 Å². The normalized spacial score (nSPS) is 11.6. The summed E-state index contributed by atoms with van der Waals surface area (Å²) in [5.41, 5.74) is -0.917. The summed E-state index contributed by atoms with van der Waals surface area (Å²) in [5, 5.41) is 23.3. The van der Waals surface area contributed by atoms with E-state index in [1.54, 1.807) is 5.10 Å². The van der Waals surface area contributed by atoms with Crippen molar-refractivity contribution in [3.05, 3.63) is 21.9 Å². The van der Waals surface area contributed by atoms with E-state index < -0.39 is 28.8 Å². The highest BCUT2D eigenvalue weighted by molar-refractivity contribution is 5.33. The van der Waals surface area contributed by atoms with E-state index in [0.717, 1.165) is 0 Å². The number of H-pyrrole nitrogens is 1. The van der Waals surface area contributed by atoms with E-state index in [1.165, 1.54) is 0 Å². The van der Waals surface area contributed by atoms with E-state index in [2.05, 4.69) is 5.10 Å². The van der Waals surface area contributed by atoms with Gasteiger partial charge >= 0.3 is 11.7 Å². The van der Waals surface area contributed by atoms with Gasteiger partial charge < -0.3 is 15.2 Å². The average molecular weight is 193 g/mol. The average Bonchev–Trinajstić information content (AvgIpc) is 2.52. The van der Waals surface area contributed by atoms with Crippen LogP contribution in [0.1, 0.15) is 5.56 Å². The molecule has 0 spiro atoms. The van der Waals surface area contributed by atoms with Gasteiger partial charge in [-0.1, -0.05) is 5.10 Å². The van der Waals surface area contributed by atoms with Gasteiger partial charge in [0.1, 0.15) is 12.2 Å². The number of rotatable bonds is 3. The Kier molecular flexibility index (Phi) is 2.24. The lowest BCUT2D eigenvalue weighted by Crippen LogP contribution is -2.19. The minimum Gasteiger partial charge on any atom is -0.390 e. The monoisotopic (exact) mass is 193 g/mol. The van der Waals surface area contributed by atoms with Crippen LogP contribution in [-0.2, 0) is 5.92 Å². The number of aliphatic hydroxyl groups excluding tert-OH is 1. The third kappa shape index (κ3) is 1.61. The molecule has 0 saturated heterocycles. The van der Waals surface area contributed by atoms with Gasteiger partial charge in [-0.25, -0.2) is 0 Å². The molecule has 2 N–H and O–H groups in total. The van der Waals surface area contributed by atoms with E-state index in [-0.39, 0.29) is 0 Å². The molecule has 0 aliphatic rings. The van der Waals surface area contributed by atoms with Crippen LogP contribution in [0.3, 0.4) is 0 Å². The van der Waals surface area contributed by atoms with Crippen molar-refractivity contribution in [1.82, 2.24) is 10.2 Å². The summed E-state index contributed by atoms with van der Waals surface area (Å²) in [6.07, 6.45) is 0.619. The predicted molar refractivity (Wildman–Crippen MR) is 36.2 cm³/mol. The summed E-state index contributed by atoms with van der Waals surface area (Å²) in [7, 11) is 0. The van der Waals surface area contributed by atoms with Crippen LogP contribution in [0.15, 0.2) is 6.20 Å². The van der Waals surface area contributed by atoms with Crippen molar-refractivity contribution in [3.63, 3.8) is 0 Å². The third-order valence-corrected chi connectivity index (χ3v) is 1.39. The van der Waals surface area contributed by atoms with Crippen LogP contribution in [0.4, 0.5) is 14.6 Å². The summed E-state index contributed by atoms with van der Waals surface area (Å²) >= 11 is 0. The SMILES string of the molecule is O=[N+]([O-])c1[nH]ncc1C(F)(F)CO. The molecule has 0 amide bonds. The Morgan fingerprint density at radius 2 is 2.38 bits per heavy atom. The van der Waals surface area contributed by atoms with Crippen LogP contribution in [-0.4, -0.2) is 26.8 Å². The van der Waals surface area contributed by atoms with Crippen molar-refractivity contribution in [1.29, 1.82) is 0 Å². The second kappa shape index (κ2) is 3.05. The number of aromatic nitrogens is 2. The second-order valence-corrected chi connectivity index (χ2v) is 2.25. The van der Waals surface area contributed by atoms with Crippen molar-refractivity contribution >= 4 is 5.82 Å². The van der Waals surface area contributed by atoms with E-state index in [0.29, 0.717) is 6.20 Å². The first kappa shape index (κ1) is 9.52. The van der Waals surface area contributed by atoms with Gasteiger partial charge in [-0.3, -0.25) is 0 Å². The van der Waals surface area contributed by atoms with Crippen molar-refractivity contribution in [3.8, 4) is 0 Å². The summed E-state index contributed by atoms with van der Waals surface area (Å²) < 4.78 is 25.4. The quantitative estimate of drug-likeness (QED) is 0.536. The van der Waals surface area contributed by atoms with Gasteiger partial charge in [-0.2, -0.15) is 8.78 Å². The first-order valence-corrected chi connectivity index (χ1v) is 3.16. The molecule has 0 bridgehead atoms. The van der Waals surface area contributed by atoms with Gasteiger partial charge in [-0.05, 0) is 4.92 Å². The van der Waals surface area contributed by atoms with Crippen molar-refractivity contribution in [2.24, 2.45) is 0 Å². The Bertz CT molecular complexity index is 325. The maximum Gasteiger partial charge on any atom is 0.351 e. The number of halogens is 2. The molecule has 0 saturated carbocycles. The van der Waals surface area contributed by atoms with E-state index in [4.69, 9.17) is 5.11 Å². The third-order valence-electron chi connectivity index (χ3n) is 1.39. The molecule has 0 atom stereocenters. The molecular weight excluding hydrogens is 188 g/mol. The Hall–Kier alpha value is -1.57. The van der Waals surface area contributed by atoms with Gasteiger partial charge in [0.05, 0.1) is 6.20 Å². The Balaban J connectivity index is 3.14. The number of alkyl halides is 2. The van der Waals surface area contributed by atoms with Crippen molar-refractivity contribution < 1.29 is 18.8 Å². The molecule has 0 aliphatic carbocycles. The largest absolute Gasteiger partial charge is 0.390 e. The lowest BCUT2D eigenvalue weighted by molar-refractivity contribution is -0.391. The zero-order valence-corrected chi connectivity index (χ0v) is 6.20. The van der Waals surface area contributed by atoms with Crippen LogP contribution in [0.5, 0.6) is 0 Å². The molecule has 72 valence electrons. The number of aliphatic hydroxyl groups is 1. The Morgan fingerprint density at radius 1 is 1.77 bits per heavy atom. The molecule has 0 radical (unpaired) electrons. The van der Waals surface area contributed by atoms with E-state index in [9.17, 15) is 18.9 Å². The number of hydrogen-bond donors (Lipinski definition) is 2. The fourth-order valence-electron chi connectivity index (χ4n) is 0.771. The van der Waals surface area contributed by atoms with Gasteiger partial charge in [0.2, 0.25) is 0 Å². The summed E-state index contributed by atoms with van der Waals surface area (Å²) in [6, 6.07) is 0. The minimum atomic E-state index is -3.64. The van der Waals surface area contributed by atoms with Crippen LogP contribution in [0.25, 0.3) is 0 Å². The highest BCUT2D eigenvalue weighted by Crippen LogP contribution is 2.32. The molecule has 8 heteroatoms. The summed E-state index contributed by atoms with van der Waals surface area (Å²) in [4.78, 5) is 9.14. The fourth-order valence-corrected chi connectivity index (χ4v) is 0.771. The van der Waals surface area contributed by atoms with Crippen LogP contribution in [0, 0.1) is 10.1 Å². The molecule has 0 unspecified atom stereocenters. The fraction of sp³-hybridized carbons (Fsp3) is 0.400. The number of nitro groups is 1. The molecule has 0 fully saturated rings. The second-order valence-electron chi connectivity index (χ2n) is 2.25. The van der Waals surface area contributed by atoms with E-state index in [1.807, 2.05) is 0 Å². The zero-order chi connectivity index (χ0) is 10.1. The van der Waals surface area contributed by atoms with Crippen LogP contribution >= 0.6 is 0 Å². The molecule has 1 aromatic heterocycles. The minimum absolute atomic E-state index is 0.619. The Morgan fingerprint density at radius 3 is 2.85 bits per heavy atom. The van der Waals surface area contributed by atoms with Crippen LogP contribution < -0.4 is 0 Å². The van der Waals surface area contributed by atoms with Gasteiger partial charge in [-0.15, -0.1) is 5.10 Å². The molecular formula is C5H5F2N3O3.